The van der Waals surface area contributed by atoms with E-state index in [0.717, 1.165) is 0 Å². The minimum Gasteiger partial charge on any atom is -0.372 e. The van der Waals surface area contributed by atoms with Gasteiger partial charge >= 0.3 is 0 Å². The van der Waals surface area contributed by atoms with E-state index in [9.17, 15) is 13.2 Å². The van der Waals surface area contributed by atoms with Gasteiger partial charge in [0.1, 0.15) is 16.3 Å². The highest BCUT2D eigenvalue weighted by atomic mass is 32.2. The first kappa shape index (κ1) is 14.7. The van der Waals surface area contributed by atoms with Crippen molar-refractivity contribution in [2.75, 3.05) is 25.5 Å². The molecule has 2 rings (SSSR count). The van der Waals surface area contributed by atoms with Gasteiger partial charge in [-0.15, -0.1) is 0 Å². The first-order valence-electron chi connectivity index (χ1n) is 6.25. The molecular formula is C12H18N4O3S. The van der Waals surface area contributed by atoms with E-state index in [-0.39, 0.29) is 23.2 Å². The van der Waals surface area contributed by atoms with Gasteiger partial charge in [-0.1, -0.05) is 0 Å². The summed E-state index contributed by atoms with van der Waals surface area (Å²) >= 11 is 0. The molecule has 8 heteroatoms. The van der Waals surface area contributed by atoms with Gasteiger partial charge < -0.3 is 10.6 Å². The summed E-state index contributed by atoms with van der Waals surface area (Å²) in [7, 11) is -2.19. The number of nitrogens with one attached hydrogen (secondary N) is 2. The van der Waals surface area contributed by atoms with Gasteiger partial charge in [0, 0.05) is 26.3 Å². The molecule has 0 unspecified atom stereocenters. The second-order valence-electron chi connectivity index (χ2n) is 4.99. The molecule has 0 atom stereocenters. The lowest BCUT2D eigenvalue weighted by atomic mass is 10.0. The Morgan fingerprint density at radius 1 is 1.45 bits per heavy atom. The maximum atomic E-state index is 12.8. The molecule has 20 heavy (non-hydrogen) atoms. The fourth-order valence-corrected chi connectivity index (χ4v) is 4.11. The summed E-state index contributed by atoms with van der Waals surface area (Å²) < 4.78 is 26.8. The molecule has 1 aliphatic heterocycles. The molecule has 1 aromatic rings. The van der Waals surface area contributed by atoms with Crippen LogP contribution in [0.1, 0.15) is 13.8 Å². The molecule has 7 nitrogen and oxygen atoms in total. The van der Waals surface area contributed by atoms with Crippen LogP contribution in [0.2, 0.25) is 0 Å². The fraction of sp³-hybridized carbons (Fsp3) is 0.500. The molecule has 0 bridgehead atoms. The SMILES string of the molecule is CNc1ncccc1S(=O)(=O)N1CCNC(=O)C1(C)C. The van der Waals surface area contributed by atoms with Crippen LogP contribution >= 0.6 is 0 Å². The van der Waals surface area contributed by atoms with E-state index in [2.05, 4.69) is 15.6 Å². The maximum absolute atomic E-state index is 12.8. The van der Waals surface area contributed by atoms with Crippen molar-refractivity contribution in [3.8, 4) is 0 Å². The Bertz CT molecular complexity index is 627. The lowest BCUT2D eigenvalue weighted by Gasteiger charge is -2.39. The molecule has 1 amide bonds. The van der Waals surface area contributed by atoms with Gasteiger partial charge in [-0.25, -0.2) is 13.4 Å². The van der Waals surface area contributed by atoms with Gasteiger partial charge in [-0.05, 0) is 26.0 Å². The monoisotopic (exact) mass is 298 g/mol. The highest BCUT2D eigenvalue weighted by molar-refractivity contribution is 7.89. The molecule has 0 saturated carbocycles. The third kappa shape index (κ3) is 2.25. The zero-order valence-corrected chi connectivity index (χ0v) is 12.5. The zero-order chi connectivity index (χ0) is 15.0. The van der Waals surface area contributed by atoms with Crippen LogP contribution in [0, 0.1) is 0 Å². The minimum atomic E-state index is -3.80. The van der Waals surface area contributed by atoms with E-state index in [1.807, 2.05) is 0 Å². The van der Waals surface area contributed by atoms with E-state index in [1.165, 1.54) is 16.6 Å². The van der Waals surface area contributed by atoms with Crippen LogP contribution in [0.5, 0.6) is 0 Å². The van der Waals surface area contributed by atoms with Crippen molar-refractivity contribution >= 4 is 21.7 Å². The van der Waals surface area contributed by atoms with Gasteiger partial charge in [-0.3, -0.25) is 4.79 Å². The van der Waals surface area contributed by atoms with Gasteiger partial charge in [-0.2, -0.15) is 4.31 Å². The largest absolute Gasteiger partial charge is 0.372 e. The summed E-state index contributed by atoms with van der Waals surface area (Å²) in [6, 6.07) is 3.04. The number of carbonyl (C=O) groups excluding carboxylic acids is 1. The summed E-state index contributed by atoms with van der Waals surface area (Å²) in [4.78, 5) is 16.0. The van der Waals surface area contributed by atoms with Crippen LogP contribution in [0.3, 0.4) is 0 Å². The highest BCUT2D eigenvalue weighted by Gasteiger charge is 2.45. The first-order chi connectivity index (χ1) is 9.31. The van der Waals surface area contributed by atoms with Crippen LogP contribution in [-0.2, 0) is 14.8 Å². The first-order valence-corrected chi connectivity index (χ1v) is 7.69. The van der Waals surface area contributed by atoms with E-state index in [1.54, 1.807) is 27.0 Å². The number of pyridine rings is 1. The molecular weight excluding hydrogens is 280 g/mol. The quantitative estimate of drug-likeness (QED) is 0.821. The van der Waals surface area contributed by atoms with E-state index in [4.69, 9.17) is 0 Å². The smallest absolute Gasteiger partial charge is 0.247 e. The van der Waals surface area contributed by atoms with Crippen molar-refractivity contribution in [3.05, 3.63) is 18.3 Å². The Labute approximate surface area is 118 Å². The molecule has 0 spiro atoms. The van der Waals surface area contributed by atoms with E-state index >= 15 is 0 Å². The molecule has 1 fully saturated rings. The van der Waals surface area contributed by atoms with Crippen molar-refractivity contribution in [2.24, 2.45) is 0 Å². The summed E-state index contributed by atoms with van der Waals surface area (Å²) in [6.07, 6.45) is 1.51. The minimum absolute atomic E-state index is 0.0743. The predicted molar refractivity (Wildman–Crippen MR) is 74.8 cm³/mol. The molecule has 1 saturated heterocycles. The normalized spacial score (nSPS) is 19.4. The number of hydrogen-bond acceptors (Lipinski definition) is 5. The average molecular weight is 298 g/mol. The molecule has 1 aliphatic rings. The van der Waals surface area contributed by atoms with Gasteiger partial charge in [0.05, 0.1) is 0 Å². The molecule has 0 aliphatic carbocycles. The lowest BCUT2D eigenvalue weighted by molar-refractivity contribution is -0.131. The maximum Gasteiger partial charge on any atom is 0.247 e. The van der Waals surface area contributed by atoms with Crippen molar-refractivity contribution in [3.63, 3.8) is 0 Å². The van der Waals surface area contributed by atoms with Crippen LogP contribution in [0.25, 0.3) is 0 Å². The Balaban J connectivity index is 2.52. The summed E-state index contributed by atoms with van der Waals surface area (Å²) in [5.41, 5.74) is -1.13. The summed E-state index contributed by atoms with van der Waals surface area (Å²) in [5, 5.41) is 5.44. The standard InChI is InChI=1S/C12H18N4O3S/c1-12(2)11(17)15-7-8-16(12)20(18,19)9-5-4-6-14-10(9)13-3/h4-6H,7-8H2,1-3H3,(H,13,14)(H,15,17). The molecule has 1 aromatic heterocycles. The van der Waals surface area contributed by atoms with E-state index in [0.29, 0.717) is 6.54 Å². The number of amides is 1. The van der Waals surface area contributed by atoms with Gasteiger partial charge in [0.2, 0.25) is 15.9 Å². The second-order valence-corrected chi connectivity index (χ2v) is 6.82. The molecule has 2 heterocycles. The fourth-order valence-electron chi connectivity index (χ4n) is 2.21. The number of rotatable bonds is 3. The average Bonchev–Trinajstić information content (AvgIpc) is 2.41. The topological polar surface area (TPSA) is 91.4 Å². The molecule has 110 valence electrons. The molecule has 0 aromatic carbocycles. The van der Waals surface area contributed by atoms with Crippen LogP contribution in [0.4, 0.5) is 5.82 Å². The van der Waals surface area contributed by atoms with Crippen LogP contribution in [0.15, 0.2) is 23.2 Å². The van der Waals surface area contributed by atoms with Crippen LogP contribution < -0.4 is 10.6 Å². The number of carbonyl (C=O) groups is 1. The molecule has 2 N–H and O–H groups in total. The number of aromatic nitrogens is 1. The van der Waals surface area contributed by atoms with Crippen molar-refractivity contribution in [2.45, 2.75) is 24.3 Å². The zero-order valence-electron chi connectivity index (χ0n) is 11.7. The third-order valence-corrected chi connectivity index (χ3v) is 5.46. The van der Waals surface area contributed by atoms with Crippen molar-refractivity contribution in [1.82, 2.24) is 14.6 Å². The highest BCUT2D eigenvalue weighted by Crippen LogP contribution is 2.29. The Kier molecular flexibility index (Phi) is 3.70. The Morgan fingerprint density at radius 2 is 2.15 bits per heavy atom. The summed E-state index contributed by atoms with van der Waals surface area (Å²) in [6.45, 7) is 3.72. The van der Waals surface area contributed by atoms with Crippen LogP contribution in [-0.4, -0.2) is 49.3 Å². The number of anilines is 1. The van der Waals surface area contributed by atoms with Gasteiger partial charge in [0.25, 0.3) is 0 Å². The lowest BCUT2D eigenvalue weighted by Crippen LogP contribution is -2.63. The van der Waals surface area contributed by atoms with E-state index < -0.39 is 15.6 Å². The Morgan fingerprint density at radius 3 is 2.80 bits per heavy atom. The van der Waals surface area contributed by atoms with Crippen molar-refractivity contribution < 1.29 is 13.2 Å². The Hall–Kier alpha value is -1.67. The number of piperazine rings is 1. The van der Waals surface area contributed by atoms with Gasteiger partial charge in [0.15, 0.2) is 0 Å². The predicted octanol–water partition coefficient (Wildman–Crippen LogP) is 0.0224. The molecule has 0 radical (unpaired) electrons. The summed E-state index contributed by atoms with van der Waals surface area (Å²) in [5.74, 6) is -0.0310. The third-order valence-electron chi connectivity index (χ3n) is 3.36. The number of sulfonamides is 1. The second kappa shape index (κ2) is 5.02. The van der Waals surface area contributed by atoms with Crippen molar-refractivity contribution in [1.29, 1.82) is 0 Å². The number of hydrogen-bond donors (Lipinski definition) is 2. The number of nitrogens with zero attached hydrogens (tertiary/aromatic N) is 2.